The summed E-state index contributed by atoms with van der Waals surface area (Å²) < 4.78 is 12.8. The van der Waals surface area contributed by atoms with Crippen LogP contribution < -0.4 is 11.3 Å². The van der Waals surface area contributed by atoms with Gasteiger partial charge in [-0.2, -0.15) is 0 Å². The quantitative estimate of drug-likeness (QED) is 0.601. The smallest absolute Gasteiger partial charge is 0.123 e. The molecule has 100 valence electrons. The van der Waals surface area contributed by atoms with Crippen LogP contribution in [0.25, 0.3) is 0 Å². The lowest BCUT2D eigenvalue weighted by atomic mass is 9.95. The van der Waals surface area contributed by atoms with Crippen LogP contribution in [-0.4, -0.2) is 6.04 Å². The van der Waals surface area contributed by atoms with Gasteiger partial charge in [0.25, 0.3) is 0 Å². The molecule has 2 nitrogen and oxygen atoms in total. The standard InChI is InChI=1S/C15H23FN2/c16-14-8-5-13(6-9-14)11-15(18-17)10-7-12-3-1-2-4-12/h5-6,8-9,12,15,18H,1-4,7,10-11,17H2. The zero-order chi connectivity index (χ0) is 12.8. The van der Waals surface area contributed by atoms with Crippen molar-refractivity contribution in [1.29, 1.82) is 0 Å². The highest BCUT2D eigenvalue weighted by atomic mass is 19.1. The molecule has 0 heterocycles. The molecule has 0 aliphatic heterocycles. The molecule has 0 saturated heterocycles. The normalized spacial score (nSPS) is 18.1. The summed E-state index contributed by atoms with van der Waals surface area (Å²) in [6.45, 7) is 0. The van der Waals surface area contributed by atoms with Crippen LogP contribution in [0.5, 0.6) is 0 Å². The predicted octanol–water partition coefficient (Wildman–Crippen LogP) is 3.17. The summed E-state index contributed by atoms with van der Waals surface area (Å²) in [5.41, 5.74) is 4.04. The molecule has 0 radical (unpaired) electrons. The first kappa shape index (κ1) is 13.5. The molecule has 1 aliphatic carbocycles. The van der Waals surface area contributed by atoms with E-state index in [-0.39, 0.29) is 5.82 Å². The molecule has 1 saturated carbocycles. The van der Waals surface area contributed by atoms with Crippen LogP contribution in [0.15, 0.2) is 24.3 Å². The van der Waals surface area contributed by atoms with Gasteiger partial charge in [0.05, 0.1) is 0 Å². The Labute approximate surface area is 109 Å². The molecule has 18 heavy (non-hydrogen) atoms. The molecule has 0 aromatic heterocycles. The van der Waals surface area contributed by atoms with Crippen LogP contribution >= 0.6 is 0 Å². The zero-order valence-corrected chi connectivity index (χ0v) is 10.9. The van der Waals surface area contributed by atoms with E-state index < -0.39 is 0 Å². The lowest BCUT2D eigenvalue weighted by molar-refractivity contribution is 0.407. The number of hydrogen-bond acceptors (Lipinski definition) is 2. The Hall–Kier alpha value is -0.930. The molecule has 0 amide bonds. The Morgan fingerprint density at radius 2 is 1.89 bits per heavy atom. The van der Waals surface area contributed by atoms with Gasteiger partial charge in [0.1, 0.15) is 5.82 Å². The summed E-state index contributed by atoms with van der Waals surface area (Å²) in [5, 5.41) is 0. The van der Waals surface area contributed by atoms with E-state index in [0.717, 1.165) is 24.3 Å². The molecular weight excluding hydrogens is 227 g/mol. The highest BCUT2D eigenvalue weighted by molar-refractivity contribution is 5.17. The van der Waals surface area contributed by atoms with Gasteiger partial charge in [-0.25, -0.2) is 4.39 Å². The molecule has 1 aromatic rings. The first-order chi connectivity index (χ1) is 8.78. The van der Waals surface area contributed by atoms with Crippen molar-refractivity contribution in [1.82, 2.24) is 5.43 Å². The average molecular weight is 250 g/mol. The van der Waals surface area contributed by atoms with Crippen molar-refractivity contribution in [2.24, 2.45) is 11.8 Å². The summed E-state index contributed by atoms with van der Waals surface area (Å²) in [7, 11) is 0. The van der Waals surface area contributed by atoms with Crippen molar-refractivity contribution >= 4 is 0 Å². The number of rotatable bonds is 6. The van der Waals surface area contributed by atoms with Gasteiger partial charge < -0.3 is 0 Å². The van der Waals surface area contributed by atoms with Crippen molar-refractivity contribution in [3.8, 4) is 0 Å². The first-order valence-electron chi connectivity index (χ1n) is 6.98. The third-order valence-corrected chi connectivity index (χ3v) is 4.03. The van der Waals surface area contributed by atoms with Gasteiger partial charge in [-0.3, -0.25) is 11.3 Å². The fraction of sp³-hybridized carbons (Fsp3) is 0.600. The van der Waals surface area contributed by atoms with E-state index in [1.165, 1.54) is 44.2 Å². The highest BCUT2D eigenvalue weighted by Gasteiger charge is 2.17. The van der Waals surface area contributed by atoms with Gasteiger partial charge in [0, 0.05) is 6.04 Å². The maximum absolute atomic E-state index is 12.8. The minimum Gasteiger partial charge on any atom is -0.271 e. The number of hydrogen-bond donors (Lipinski definition) is 2. The fourth-order valence-corrected chi connectivity index (χ4v) is 2.89. The number of nitrogens with one attached hydrogen (secondary N) is 1. The van der Waals surface area contributed by atoms with Crippen LogP contribution in [0.2, 0.25) is 0 Å². The van der Waals surface area contributed by atoms with Crippen molar-refractivity contribution in [2.75, 3.05) is 0 Å². The molecule has 1 fully saturated rings. The number of hydrazine groups is 1. The monoisotopic (exact) mass is 250 g/mol. The number of nitrogens with two attached hydrogens (primary N) is 1. The summed E-state index contributed by atoms with van der Waals surface area (Å²) in [6, 6.07) is 7.01. The van der Waals surface area contributed by atoms with Gasteiger partial charge in [-0.15, -0.1) is 0 Å². The number of halogens is 1. The molecule has 3 N–H and O–H groups in total. The van der Waals surface area contributed by atoms with Crippen molar-refractivity contribution in [3.63, 3.8) is 0 Å². The van der Waals surface area contributed by atoms with Gasteiger partial charge >= 0.3 is 0 Å². The van der Waals surface area contributed by atoms with E-state index in [0.29, 0.717) is 6.04 Å². The topological polar surface area (TPSA) is 38.0 Å². The second-order valence-corrected chi connectivity index (χ2v) is 5.42. The Balaban J connectivity index is 1.79. The Morgan fingerprint density at radius 1 is 1.22 bits per heavy atom. The van der Waals surface area contributed by atoms with E-state index in [2.05, 4.69) is 5.43 Å². The molecule has 2 rings (SSSR count). The summed E-state index contributed by atoms with van der Waals surface area (Å²) >= 11 is 0. The molecule has 3 heteroatoms. The van der Waals surface area contributed by atoms with E-state index in [9.17, 15) is 4.39 Å². The van der Waals surface area contributed by atoms with Crippen LogP contribution in [0.1, 0.15) is 44.1 Å². The molecule has 1 unspecified atom stereocenters. The molecule has 0 bridgehead atoms. The van der Waals surface area contributed by atoms with Crippen molar-refractivity contribution in [3.05, 3.63) is 35.6 Å². The van der Waals surface area contributed by atoms with Crippen LogP contribution in [0, 0.1) is 11.7 Å². The largest absolute Gasteiger partial charge is 0.271 e. The van der Waals surface area contributed by atoms with Gasteiger partial charge in [-0.1, -0.05) is 37.8 Å². The zero-order valence-electron chi connectivity index (χ0n) is 10.9. The lowest BCUT2D eigenvalue weighted by Gasteiger charge is -2.18. The Kier molecular flexibility index (Phi) is 5.14. The maximum Gasteiger partial charge on any atom is 0.123 e. The SMILES string of the molecule is NNC(CCC1CCCC1)Cc1ccc(F)cc1. The van der Waals surface area contributed by atoms with Crippen molar-refractivity contribution < 1.29 is 4.39 Å². The fourth-order valence-electron chi connectivity index (χ4n) is 2.89. The van der Waals surface area contributed by atoms with E-state index >= 15 is 0 Å². The molecule has 1 aliphatic rings. The van der Waals surface area contributed by atoms with Crippen LogP contribution in [-0.2, 0) is 6.42 Å². The molecule has 1 atom stereocenters. The van der Waals surface area contributed by atoms with Crippen LogP contribution in [0.4, 0.5) is 4.39 Å². The van der Waals surface area contributed by atoms with E-state index in [1.54, 1.807) is 0 Å². The predicted molar refractivity (Wildman–Crippen MR) is 72.4 cm³/mol. The van der Waals surface area contributed by atoms with Crippen LogP contribution in [0.3, 0.4) is 0 Å². The minimum atomic E-state index is -0.179. The minimum absolute atomic E-state index is 0.179. The van der Waals surface area contributed by atoms with Gasteiger partial charge in [0.2, 0.25) is 0 Å². The number of benzene rings is 1. The van der Waals surface area contributed by atoms with E-state index in [4.69, 9.17) is 5.84 Å². The van der Waals surface area contributed by atoms with E-state index in [1.807, 2.05) is 12.1 Å². The average Bonchev–Trinajstić information content (AvgIpc) is 2.90. The first-order valence-corrected chi connectivity index (χ1v) is 6.98. The summed E-state index contributed by atoms with van der Waals surface area (Å²) in [4.78, 5) is 0. The molecular formula is C15H23FN2. The highest BCUT2D eigenvalue weighted by Crippen LogP contribution is 2.29. The molecule has 1 aromatic carbocycles. The molecule has 0 spiro atoms. The third kappa shape index (κ3) is 4.07. The summed E-state index contributed by atoms with van der Waals surface area (Å²) in [5.74, 6) is 6.33. The lowest BCUT2D eigenvalue weighted by Crippen LogP contribution is -2.37. The van der Waals surface area contributed by atoms with Gasteiger partial charge in [-0.05, 0) is 42.9 Å². The maximum atomic E-state index is 12.8. The Bertz CT molecular complexity index is 344. The van der Waals surface area contributed by atoms with Gasteiger partial charge in [0.15, 0.2) is 0 Å². The Morgan fingerprint density at radius 3 is 2.50 bits per heavy atom. The van der Waals surface area contributed by atoms with Crippen molar-refractivity contribution in [2.45, 2.75) is 51.0 Å². The second-order valence-electron chi connectivity index (χ2n) is 5.42. The second kappa shape index (κ2) is 6.86. The third-order valence-electron chi connectivity index (χ3n) is 4.03. The summed E-state index contributed by atoms with van der Waals surface area (Å²) in [6.07, 6.45) is 8.80.